The molecule has 0 unspecified atom stereocenters. The van der Waals surface area contributed by atoms with Crippen molar-refractivity contribution in [1.82, 2.24) is 0 Å². The van der Waals surface area contributed by atoms with Gasteiger partial charge in [0.2, 0.25) is 0 Å². The Labute approximate surface area is 131 Å². The minimum absolute atomic E-state index is 0.850. The monoisotopic (exact) mass is 286 g/mol. The maximum Gasteiger partial charge on any atom is 0.118 e. The molecule has 0 aliphatic carbocycles. The average Bonchev–Trinajstić information content (AvgIpc) is 2.59. The molecule has 0 aliphatic heterocycles. The fourth-order valence-electron chi connectivity index (χ4n) is 2.41. The van der Waals surface area contributed by atoms with Gasteiger partial charge in [0, 0.05) is 11.1 Å². The van der Waals surface area contributed by atoms with Crippen molar-refractivity contribution in [3.63, 3.8) is 0 Å². The molecule has 0 N–H and O–H groups in total. The summed E-state index contributed by atoms with van der Waals surface area (Å²) in [5.74, 6) is 7.27. The Hall–Kier alpha value is -2.72. The van der Waals surface area contributed by atoms with Crippen LogP contribution in [-0.2, 0) is 6.42 Å². The normalized spacial score (nSPS) is 10.1. The molecule has 1 heteroatoms. The highest BCUT2D eigenvalue weighted by Gasteiger charge is 1.97. The molecule has 108 valence electrons. The molecule has 0 saturated carbocycles. The van der Waals surface area contributed by atoms with E-state index in [-0.39, 0.29) is 0 Å². The van der Waals surface area contributed by atoms with Crippen molar-refractivity contribution in [2.45, 2.75) is 13.3 Å². The summed E-state index contributed by atoms with van der Waals surface area (Å²) in [6, 6.07) is 20.8. The first-order valence-electron chi connectivity index (χ1n) is 7.47. The number of ether oxygens (including phenoxy) is 1. The van der Waals surface area contributed by atoms with E-state index in [1.54, 1.807) is 7.11 Å². The summed E-state index contributed by atoms with van der Waals surface area (Å²) in [7, 11) is 1.67. The predicted molar refractivity (Wildman–Crippen MR) is 92.3 cm³/mol. The van der Waals surface area contributed by atoms with Gasteiger partial charge >= 0.3 is 0 Å². The molecule has 0 spiro atoms. The highest BCUT2D eigenvalue weighted by atomic mass is 16.5. The summed E-state index contributed by atoms with van der Waals surface area (Å²) >= 11 is 0. The molecular weight excluding hydrogens is 268 g/mol. The van der Waals surface area contributed by atoms with Crippen LogP contribution in [0.4, 0.5) is 0 Å². The number of hydrogen-bond donors (Lipinski definition) is 0. The lowest BCUT2D eigenvalue weighted by Crippen LogP contribution is -1.83. The van der Waals surface area contributed by atoms with E-state index in [0.29, 0.717) is 0 Å². The van der Waals surface area contributed by atoms with Gasteiger partial charge in [-0.15, -0.1) is 0 Å². The fraction of sp³-hybridized carbons (Fsp3) is 0.143. The van der Waals surface area contributed by atoms with E-state index >= 15 is 0 Å². The van der Waals surface area contributed by atoms with Gasteiger partial charge in [0.25, 0.3) is 0 Å². The van der Waals surface area contributed by atoms with Crippen LogP contribution in [0.2, 0.25) is 0 Å². The van der Waals surface area contributed by atoms with Crippen LogP contribution >= 0.6 is 0 Å². The molecule has 0 saturated heterocycles. The zero-order chi connectivity index (χ0) is 15.4. The molecule has 0 bridgehead atoms. The van der Waals surface area contributed by atoms with Gasteiger partial charge in [0.15, 0.2) is 0 Å². The van der Waals surface area contributed by atoms with E-state index in [1.807, 2.05) is 24.3 Å². The molecule has 0 amide bonds. The number of benzene rings is 3. The van der Waals surface area contributed by atoms with E-state index in [4.69, 9.17) is 4.74 Å². The SMILES string of the molecule is CCc1ccc2cc(C#Cc3ccc(OC)cc3)ccc2c1. The summed E-state index contributed by atoms with van der Waals surface area (Å²) in [4.78, 5) is 0. The number of aryl methyl sites for hydroxylation is 1. The Morgan fingerprint density at radius 2 is 1.41 bits per heavy atom. The van der Waals surface area contributed by atoms with Crippen molar-refractivity contribution in [2.75, 3.05) is 7.11 Å². The predicted octanol–water partition coefficient (Wildman–Crippen LogP) is 4.81. The second kappa shape index (κ2) is 6.37. The summed E-state index contributed by atoms with van der Waals surface area (Å²) in [6.45, 7) is 2.18. The third kappa shape index (κ3) is 3.13. The molecule has 0 atom stereocenters. The maximum atomic E-state index is 5.15. The van der Waals surface area contributed by atoms with E-state index in [2.05, 4.69) is 55.2 Å². The van der Waals surface area contributed by atoms with E-state index in [9.17, 15) is 0 Å². The summed E-state index contributed by atoms with van der Waals surface area (Å²) in [6.07, 6.45) is 1.06. The first kappa shape index (κ1) is 14.2. The molecule has 22 heavy (non-hydrogen) atoms. The molecular formula is C21H18O. The first-order valence-corrected chi connectivity index (χ1v) is 7.47. The second-order valence-electron chi connectivity index (χ2n) is 5.23. The van der Waals surface area contributed by atoms with Gasteiger partial charge in [0.1, 0.15) is 5.75 Å². The van der Waals surface area contributed by atoms with Crippen LogP contribution in [0.1, 0.15) is 23.6 Å². The zero-order valence-electron chi connectivity index (χ0n) is 12.9. The van der Waals surface area contributed by atoms with Crippen LogP contribution in [0.15, 0.2) is 60.7 Å². The first-order chi connectivity index (χ1) is 10.8. The summed E-state index contributed by atoms with van der Waals surface area (Å²) in [5, 5.41) is 2.51. The molecule has 0 aromatic heterocycles. The van der Waals surface area contributed by atoms with Crippen molar-refractivity contribution in [2.24, 2.45) is 0 Å². The molecule has 0 heterocycles. The molecule has 3 aromatic rings. The smallest absolute Gasteiger partial charge is 0.118 e. The molecule has 0 aliphatic rings. The fourth-order valence-corrected chi connectivity index (χ4v) is 2.41. The van der Waals surface area contributed by atoms with E-state index < -0.39 is 0 Å². The van der Waals surface area contributed by atoms with Gasteiger partial charge in [-0.1, -0.05) is 43.0 Å². The summed E-state index contributed by atoms with van der Waals surface area (Å²) in [5.41, 5.74) is 3.39. The third-order valence-electron chi connectivity index (χ3n) is 3.75. The van der Waals surface area contributed by atoms with Gasteiger partial charge in [-0.05, 0) is 59.2 Å². The quantitative estimate of drug-likeness (QED) is 0.614. The van der Waals surface area contributed by atoms with Crippen LogP contribution in [0.3, 0.4) is 0 Å². The number of rotatable bonds is 2. The Bertz CT molecular complexity index is 848. The van der Waals surface area contributed by atoms with Crippen molar-refractivity contribution < 1.29 is 4.74 Å². The van der Waals surface area contributed by atoms with Crippen LogP contribution < -0.4 is 4.74 Å². The third-order valence-corrected chi connectivity index (χ3v) is 3.75. The Morgan fingerprint density at radius 3 is 2.14 bits per heavy atom. The molecule has 3 rings (SSSR count). The lowest BCUT2D eigenvalue weighted by molar-refractivity contribution is 0.415. The van der Waals surface area contributed by atoms with Crippen molar-refractivity contribution >= 4 is 10.8 Å². The second-order valence-corrected chi connectivity index (χ2v) is 5.23. The lowest BCUT2D eigenvalue weighted by atomic mass is 10.0. The molecule has 3 aromatic carbocycles. The highest BCUT2D eigenvalue weighted by Crippen LogP contribution is 2.18. The van der Waals surface area contributed by atoms with Gasteiger partial charge in [-0.3, -0.25) is 0 Å². The van der Waals surface area contributed by atoms with Gasteiger partial charge in [-0.2, -0.15) is 0 Å². The Balaban J connectivity index is 1.89. The maximum absolute atomic E-state index is 5.15. The topological polar surface area (TPSA) is 9.23 Å². The van der Waals surface area contributed by atoms with Gasteiger partial charge < -0.3 is 4.74 Å². The van der Waals surface area contributed by atoms with Crippen LogP contribution in [0.25, 0.3) is 10.8 Å². The number of methoxy groups -OCH3 is 1. The Kier molecular flexibility index (Phi) is 4.12. The van der Waals surface area contributed by atoms with Crippen molar-refractivity contribution in [3.8, 4) is 17.6 Å². The van der Waals surface area contributed by atoms with Gasteiger partial charge in [0.05, 0.1) is 7.11 Å². The lowest BCUT2D eigenvalue weighted by Gasteiger charge is -2.02. The standard InChI is InChI=1S/C21H18O/c1-3-16-6-10-20-15-18(7-11-19(20)14-16)5-4-17-8-12-21(22-2)13-9-17/h6-15H,3H2,1-2H3. The van der Waals surface area contributed by atoms with E-state index in [0.717, 1.165) is 23.3 Å². The van der Waals surface area contributed by atoms with Crippen LogP contribution in [0.5, 0.6) is 5.75 Å². The largest absolute Gasteiger partial charge is 0.497 e. The highest BCUT2D eigenvalue weighted by molar-refractivity contribution is 5.84. The molecule has 1 nitrogen and oxygen atoms in total. The minimum atomic E-state index is 0.850. The molecule has 0 fully saturated rings. The van der Waals surface area contributed by atoms with Crippen LogP contribution in [-0.4, -0.2) is 7.11 Å². The Morgan fingerprint density at radius 1 is 0.773 bits per heavy atom. The average molecular weight is 286 g/mol. The van der Waals surface area contributed by atoms with Crippen molar-refractivity contribution in [1.29, 1.82) is 0 Å². The van der Waals surface area contributed by atoms with Gasteiger partial charge in [-0.25, -0.2) is 0 Å². The summed E-state index contributed by atoms with van der Waals surface area (Å²) < 4.78 is 5.15. The van der Waals surface area contributed by atoms with Crippen LogP contribution in [0, 0.1) is 11.8 Å². The zero-order valence-corrected chi connectivity index (χ0v) is 12.9. The minimum Gasteiger partial charge on any atom is -0.497 e. The molecule has 0 radical (unpaired) electrons. The van der Waals surface area contributed by atoms with Crippen molar-refractivity contribution in [3.05, 3.63) is 77.4 Å². The van der Waals surface area contributed by atoms with E-state index in [1.165, 1.54) is 16.3 Å². The number of fused-ring (bicyclic) bond motifs is 1. The number of hydrogen-bond acceptors (Lipinski definition) is 1.